The fourth-order valence-electron chi connectivity index (χ4n) is 7.44. The van der Waals surface area contributed by atoms with E-state index in [0.717, 1.165) is 11.2 Å². The maximum absolute atomic E-state index is 15.3. The van der Waals surface area contributed by atoms with Crippen LogP contribution in [0.5, 0.6) is 0 Å². The summed E-state index contributed by atoms with van der Waals surface area (Å²) in [6, 6.07) is 9.26. The number of hydrogen-bond donors (Lipinski definition) is 1. The average molecular weight is 940 g/mol. The molecule has 0 bridgehead atoms. The maximum atomic E-state index is 15.3. The molecule has 356 valence electrons. The molecule has 4 aromatic heterocycles. The SMILES string of the molecule is CC1=C(c2cc3c(-c4cc(F)cc(CNS(C)(=O)=O)c4)cncc3n2C(=O)OC(C)(C)C)c2cc(-c3cncc(N(C(=O)CC(C)C)C(=O)OC(C)(C)C)c3)ncc2N(C(=O)OC(C)(C)C)C1. The Morgan fingerprint density at radius 2 is 1.43 bits per heavy atom. The molecular weight excluding hydrogens is 882 g/mol. The molecule has 0 radical (unpaired) electrons. The van der Waals surface area contributed by atoms with Gasteiger partial charge in [0.15, 0.2) is 0 Å². The Hall–Kier alpha value is -6.53. The molecule has 5 aromatic rings. The van der Waals surface area contributed by atoms with E-state index in [-0.39, 0.29) is 31.1 Å². The number of nitrogens with zero attached hydrogens (tertiary/aromatic N) is 6. The number of benzene rings is 1. The summed E-state index contributed by atoms with van der Waals surface area (Å²) in [5.74, 6) is -1.18. The van der Waals surface area contributed by atoms with Crippen molar-refractivity contribution in [3.8, 4) is 22.4 Å². The minimum absolute atomic E-state index is 0.0274. The van der Waals surface area contributed by atoms with E-state index >= 15 is 4.39 Å². The number of ether oxygens (including phenoxy) is 3. The second-order valence-electron chi connectivity index (χ2n) is 20.0. The summed E-state index contributed by atoms with van der Waals surface area (Å²) in [5, 5.41) is 0.486. The molecule has 1 aromatic carbocycles. The van der Waals surface area contributed by atoms with E-state index < -0.39 is 56.8 Å². The summed E-state index contributed by atoms with van der Waals surface area (Å²) in [7, 11) is -3.60. The van der Waals surface area contributed by atoms with E-state index in [1.165, 1.54) is 52.6 Å². The number of amides is 3. The van der Waals surface area contributed by atoms with Gasteiger partial charge in [0.2, 0.25) is 15.9 Å². The minimum Gasteiger partial charge on any atom is -0.443 e. The van der Waals surface area contributed by atoms with Crippen LogP contribution < -0.4 is 14.5 Å². The fraction of sp³-hybridized carbons (Fsp3) is 0.408. The van der Waals surface area contributed by atoms with Gasteiger partial charge in [-0.25, -0.2) is 41.4 Å². The molecule has 0 saturated carbocycles. The monoisotopic (exact) mass is 939 g/mol. The number of sulfonamides is 1. The highest BCUT2D eigenvalue weighted by Crippen LogP contribution is 2.44. The Balaban J connectivity index is 1.60. The van der Waals surface area contributed by atoms with E-state index in [1.807, 2.05) is 20.8 Å². The number of carbonyl (C=O) groups excluding carboxylic acids is 4. The maximum Gasteiger partial charge on any atom is 0.421 e. The fourth-order valence-corrected chi connectivity index (χ4v) is 7.87. The van der Waals surface area contributed by atoms with Crippen molar-refractivity contribution in [2.24, 2.45) is 5.92 Å². The van der Waals surface area contributed by atoms with Crippen molar-refractivity contribution in [1.82, 2.24) is 24.2 Å². The number of halogens is 1. The highest BCUT2D eigenvalue weighted by molar-refractivity contribution is 7.88. The first-order valence-electron chi connectivity index (χ1n) is 21.7. The van der Waals surface area contributed by atoms with Crippen molar-refractivity contribution in [3.63, 3.8) is 0 Å². The number of carbonyl (C=O) groups is 4. The molecule has 0 atom stereocenters. The van der Waals surface area contributed by atoms with Gasteiger partial charge < -0.3 is 14.2 Å². The number of imide groups is 1. The Bertz CT molecular complexity index is 2920. The molecule has 0 unspecified atom stereocenters. The van der Waals surface area contributed by atoms with Crippen LogP contribution in [-0.4, -0.2) is 81.7 Å². The molecule has 6 rings (SSSR count). The first-order valence-corrected chi connectivity index (χ1v) is 23.6. The molecule has 1 N–H and O–H groups in total. The molecule has 0 aliphatic carbocycles. The summed E-state index contributed by atoms with van der Waals surface area (Å²) in [6.45, 7) is 21.0. The van der Waals surface area contributed by atoms with Gasteiger partial charge >= 0.3 is 18.3 Å². The third-order valence-electron chi connectivity index (χ3n) is 9.93. The van der Waals surface area contributed by atoms with Crippen LogP contribution >= 0.6 is 0 Å². The van der Waals surface area contributed by atoms with E-state index in [1.54, 1.807) is 86.6 Å². The Morgan fingerprint density at radius 1 is 0.791 bits per heavy atom. The Morgan fingerprint density at radius 3 is 2.06 bits per heavy atom. The van der Waals surface area contributed by atoms with Crippen molar-refractivity contribution < 1.29 is 46.2 Å². The minimum atomic E-state index is -3.60. The van der Waals surface area contributed by atoms with E-state index in [4.69, 9.17) is 19.2 Å². The van der Waals surface area contributed by atoms with Gasteiger partial charge in [-0.3, -0.25) is 24.6 Å². The number of pyridine rings is 3. The molecular formula is C49H58FN7O9S. The van der Waals surface area contributed by atoms with Crippen LogP contribution in [0.4, 0.5) is 30.1 Å². The second kappa shape index (κ2) is 18.6. The van der Waals surface area contributed by atoms with Crippen molar-refractivity contribution >= 4 is 62.1 Å². The first-order chi connectivity index (χ1) is 31.0. The van der Waals surface area contributed by atoms with Crippen molar-refractivity contribution in [1.29, 1.82) is 0 Å². The molecule has 3 amide bonds. The number of hydrogen-bond acceptors (Lipinski definition) is 12. The summed E-state index contributed by atoms with van der Waals surface area (Å²) in [4.78, 5) is 71.9. The van der Waals surface area contributed by atoms with Gasteiger partial charge in [-0.1, -0.05) is 13.8 Å². The highest BCUT2D eigenvalue weighted by atomic mass is 32.2. The summed E-state index contributed by atoms with van der Waals surface area (Å²) in [5.41, 5.74) is 1.96. The Kier molecular flexibility index (Phi) is 13.9. The zero-order chi connectivity index (χ0) is 49.6. The van der Waals surface area contributed by atoms with Crippen LogP contribution in [0.15, 0.2) is 73.0 Å². The van der Waals surface area contributed by atoms with Gasteiger partial charge in [0.05, 0.1) is 59.7 Å². The quantitative estimate of drug-likeness (QED) is 0.138. The van der Waals surface area contributed by atoms with Crippen LogP contribution in [0.1, 0.15) is 106 Å². The molecule has 0 saturated heterocycles. The third-order valence-corrected chi connectivity index (χ3v) is 10.6. The number of nitrogens with one attached hydrogen (secondary N) is 1. The van der Waals surface area contributed by atoms with Crippen molar-refractivity contribution in [2.45, 2.75) is 113 Å². The van der Waals surface area contributed by atoms with Gasteiger partial charge in [0.25, 0.3) is 0 Å². The van der Waals surface area contributed by atoms with Crippen LogP contribution in [0, 0.1) is 11.7 Å². The van der Waals surface area contributed by atoms with Crippen molar-refractivity contribution in [2.75, 3.05) is 22.6 Å². The van der Waals surface area contributed by atoms with Gasteiger partial charge in [-0.05, 0) is 128 Å². The molecule has 0 fully saturated rings. The normalized spacial score (nSPS) is 13.4. The lowest BCUT2D eigenvalue weighted by Gasteiger charge is -2.33. The lowest BCUT2D eigenvalue weighted by Crippen LogP contribution is -2.41. The largest absolute Gasteiger partial charge is 0.443 e. The standard InChI is InChI=1S/C49H58FN7O9S/c1-28(2)14-42(58)56(45(60)65-48(7,8)9)34-18-32(22-51-23-34)38-19-36-40(26-53-38)55(44(59)64-47(4,5)6)27-29(3)43(36)39-20-35-37(24-52-25-41(35)57(39)46(61)66-49(10,11)12)31-15-30(16-33(50)17-31)21-54-67(13,62)63/h15-20,22-26,28,54H,14,21,27H2,1-13H3. The topological polar surface area (TPSA) is 192 Å². The first kappa shape index (κ1) is 49.9. The summed E-state index contributed by atoms with van der Waals surface area (Å²) >= 11 is 0. The molecule has 67 heavy (non-hydrogen) atoms. The van der Waals surface area contributed by atoms with E-state index in [0.29, 0.717) is 66.9 Å². The van der Waals surface area contributed by atoms with Crippen LogP contribution in [-0.2, 0) is 35.6 Å². The summed E-state index contributed by atoms with van der Waals surface area (Å²) in [6.07, 6.45) is 6.25. The smallest absolute Gasteiger partial charge is 0.421 e. The molecule has 1 aliphatic heterocycles. The van der Waals surface area contributed by atoms with Gasteiger partial charge in [0.1, 0.15) is 22.6 Å². The molecule has 5 heterocycles. The lowest BCUT2D eigenvalue weighted by molar-refractivity contribution is -0.119. The number of aromatic nitrogens is 4. The van der Waals surface area contributed by atoms with Crippen LogP contribution in [0.3, 0.4) is 0 Å². The van der Waals surface area contributed by atoms with Crippen molar-refractivity contribution in [3.05, 3.63) is 95.6 Å². The zero-order valence-electron chi connectivity index (χ0n) is 40.2. The molecule has 16 nitrogen and oxygen atoms in total. The molecule has 18 heteroatoms. The second-order valence-corrected chi connectivity index (χ2v) is 21.8. The van der Waals surface area contributed by atoms with Crippen LogP contribution in [0.25, 0.3) is 38.9 Å². The van der Waals surface area contributed by atoms with E-state index in [9.17, 15) is 27.6 Å². The number of fused-ring (bicyclic) bond motifs is 2. The van der Waals surface area contributed by atoms with Gasteiger partial charge in [-0.15, -0.1) is 0 Å². The zero-order valence-corrected chi connectivity index (χ0v) is 41.0. The predicted octanol–water partition coefficient (Wildman–Crippen LogP) is 10.0. The number of rotatable bonds is 9. The van der Waals surface area contributed by atoms with Crippen LogP contribution in [0.2, 0.25) is 0 Å². The third kappa shape index (κ3) is 12.1. The summed E-state index contributed by atoms with van der Waals surface area (Å²) < 4.78 is 60.5. The Labute approximate surface area is 390 Å². The van der Waals surface area contributed by atoms with Gasteiger partial charge in [-0.2, -0.15) is 0 Å². The molecule has 1 aliphatic rings. The lowest BCUT2D eigenvalue weighted by atomic mass is 9.91. The van der Waals surface area contributed by atoms with Gasteiger partial charge in [0, 0.05) is 53.0 Å². The molecule has 0 spiro atoms. The average Bonchev–Trinajstić information content (AvgIpc) is 3.56. The predicted molar refractivity (Wildman–Crippen MR) is 254 cm³/mol. The van der Waals surface area contributed by atoms with E-state index in [2.05, 4.69) is 14.7 Å². The number of anilines is 2. The highest BCUT2D eigenvalue weighted by Gasteiger charge is 2.35.